The molecule has 3 fully saturated rings. The number of hydrogen-bond acceptors (Lipinski definition) is 6. The maximum absolute atomic E-state index is 12.7. The summed E-state index contributed by atoms with van der Waals surface area (Å²) >= 11 is 0. The molecule has 2 aliphatic heterocycles. The largest absolute Gasteiger partial charge is 0.483 e. The molecule has 2 saturated heterocycles. The van der Waals surface area contributed by atoms with E-state index in [1.54, 1.807) is 4.31 Å². The Labute approximate surface area is 159 Å². The molecule has 1 aliphatic carbocycles. The number of rotatable bonds is 5. The predicted octanol–water partition coefficient (Wildman–Crippen LogP) is 1.33. The highest BCUT2D eigenvalue weighted by Crippen LogP contribution is 2.39. The van der Waals surface area contributed by atoms with Crippen LogP contribution in [0.25, 0.3) is 0 Å². The highest BCUT2D eigenvalue weighted by molar-refractivity contribution is 7.90. The first kappa shape index (κ1) is 20.2. The highest BCUT2D eigenvalue weighted by Gasteiger charge is 2.52. The van der Waals surface area contributed by atoms with Crippen LogP contribution in [0.5, 0.6) is 0 Å². The van der Waals surface area contributed by atoms with Gasteiger partial charge >= 0.3 is 0 Å². The fraction of sp³-hybridized carbons (Fsp3) is 0.667. The number of pyridine rings is 1. The number of aromatic nitrogens is 1. The predicted molar refractivity (Wildman–Crippen MR) is 97.7 cm³/mol. The summed E-state index contributed by atoms with van der Waals surface area (Å²) in [6.45, 7) is 3.17. The van der Waals surface area contributed by atoms with Gasteiger partial charge in [-0.2, -0.15) is 4.31 Å². The van der Waals surface area contributed by atoms with Crippen molar-refractivity contribution in [1.82, 2.24) is 9.29 Å². The molecule has 3 aliphatic rings. The number of fused-ring (bicyclic) bond motifs is 1. The number of ether oxygens (including phenoxy) is 2. The zero-order chi connectivity index (χ0) is 19.4. The van der Waals surface area contributed by atoms with Crippen molar-refractivity contribution in [2.45, 2.75) is 62.7 Å². The van der Waals surface area contributed by atoms with Crippen molar-refractivity contribution < 1.29 is 27.8 Å². The molecule has 0 radical (unpaired) electrons. The zero-order valence-corrected chi connectivity index (χ0v) is 16.2. The lowest BCUT2D eigenvalue weighted by molar-refractivity contribution is -0.122. The molecule has 9 heteroatoms. The molecule has 1 N–H and O–H groups in total. The molecular weight excluding hydrogens is 372 g/mol. The topological polar surface area (TPSA) is 106 Å². The van der Waals surface area contributed by atoms with E-state index in [0.29, 0.717) is 19.8 Å². The lowest BCUT2D eigenvalue weighted by Gasteiger charge is -2.31. The Morgan fingerprint density at radius 1 is 1.37 bits per heavy atom. The van der Waals surface area contributed by atoms with E-state index in [1.165, 1.54) is 0 Å². The fourth-order valence-corrected chi connectivity index (χ4v) is 5.81. The van der Waals surface area contributed by atoms with Crippen molar-refractivity contribution in [3.8, 4) is 0 Å². The Bertz CT molecular complexity index is 752. The van der Waals surface area contributed by atoms with Crippen LogP contribution in [0.3, 0.4) is 0 Å². The summed E-state index contributed by atoms with van der Waals surface area (Å²) in [6.07, 6.45) is 2.97. The van der Waals surface area contributed by atoms with Gasteiger partial charge in [0.1, 0.15) is 6.10 Å². The number of sulfonamides is 1. The molecule has 0 amide bonds. The molecule has 150 valence electrons. The number of aryl methyl sites for hydroxylation is 1. The Kier molecular flexibility index (Phi) is 6.46. The van der Waals surface area contributed by atoms with Crippen molar-refractivity contribution >= 4 is 16.5 Å². The lowest BCUT2D eigenvalue weighted by Crippen LogP contribution is -2.44. The average molecular weight is 398 g/mol. The zero-order valence-electron chi connectivity index (χ0n) is 15.4. The van der Waals surface area contributed by atoms with Crippen molar-refractivity contribution in [2.24, 2.45) is 0 Å². The molecule has 1 saturated carbocycles. The van der Waals surface area contributed by atoms with E-state index < -0.39 is 10.0 Å². The molecular formula is C18H26N2O6S. The minimum Gasteiger partial charge on any atom is -0.483 e. The monoisotopic (exact) mass is 398 g/mol. The Morgan fingerprint density at radius 2 is 2.11 bits per heavy atom. The van der Waals surface area contributed by atoms with Gasteiger partial charge in [0.2, 0.25) is 10.0 Å². The summed E-state index contributed by atoms with van der Waals surface area (Å²) in [5.74, 6) is 0. The molecule has 1 aromatic rings. The summed E-state index contributed by atoms with van der Waals surface area (Å²) in [7, 11) is -3.20. The van der Waals surface area contributed by atoms with Crippen LogP contribution in [-0.4, -0.2) is 65.9 Å². The molecule has 8 nitrogen and oxygen atoms in total. The van der Waals surface area contributed by atoms with Crippen LogP contribution in [0, 0.1) is 6.92 Å². The Hall–Kier alpha value is -1.55. The van der Waals surface area contributed by atoms with Crippen LogP contribution in [0.15, 0.2) is 18.2 Å². The van der Waals surface area contributed by atoms with Crippen LogP contribution < -0.4 is 0 Å². The van der Waals surface area contributed by atoms with Crippen molar-refractivity contribution in [3.05, 3.63) is 29.6 Å². The van der Waals surface area contributed by atoms with E-state index >= 15 is 0 Å². The molecule has 0 aromatic carbocycles. The summed E-state index contributed by atoms with van der Waals surface area (Å²) < 4.78 is 39.0. The first-order chi connectivity index (χ1) is 13.0. The van der Waals surface area contributed by atoms with Gasteiger partial charge in [-0.25, -0.2) is 8.42 Å². The third-order valence-electron chi connectivity index (χ3n) is 5.09. The van der Waals surface area contributed by atoms with Gasteiger partial charge in [-0.1, -0.05) is 6.07 Å². The molecule has 0 spiro atoms. The molecule has 4 rings (SSSR count). The molecule has 0 unspecified atom stereocenters. The Balaban J connectivity index is 0.000000659. The van der Waals surface area contributed by atoms with Gasteiger partial charge in [0.15, 0.2) is 0 Å². The maximum atomic E-state index is 12.7. The number of carboxylic acid groups (broad SMARTS) is 1. The summed E-state index contributed by atoms with van der Waals surface area (Å²) in [5.41, 5.74) is 1.82. The maximum Gasteiger partial charge on any atom is 0.290 e. The second-order valence-electron chi connectivity index (χ2n) is 7.08. The molecule has 3 heterocycles. The summed E-state index contributed by atoms with van der Waals surface area (Å²) in [4.78, 5) is 12.8. The number of hydrogen-bond donors (Lipinski definition) is 1. The lowest BCUT2D eigenvalue weighted by atomic mass is 10.0. The average Bonchev–Trinajstić information content (AvgIpc) is 3.43. The van der Waals surface area contributed by atoms with Gasteiger partial charge in [-0.05, 0) is 44.7 Å². The van der Waals surface area contributed by atoms with Gasteiger partial charge < -0.3 is 14.6 Å². The van der Waals surface area contributed by atoms with E-state index in [9.17, 15) is 8.42 Å². The minimum atomic E-state index is -3.20. The quantitative estimate of drug-likeness (QED) is 0.746. The van der Waals surface area contributed by atoms with Crippen molar-refractivity contribution in [1.29, 1.82) is 0 Å². The Morgan fingerprint density at radius 3 is 2.78 bits per heavy atom. The molecule has 3 atom stereocenters. The summed E-state index contributed by atoms with van der Waals surface area (Å²) in [6, 6.07) is 5.77. The summed E-state index contributed by atoms with van der Waals surface area (Å²) in [5, 5.41) is 6.71. The number of nitrogens with zero attached hydrogens (tertiary/aromatic N) is 2. The smallest absolute Gasteiger partial charge is 0.290 e. The molecule has 1 aromatic heterocycles. The van der Waals surface area contributed by atoms with E-state index in [4.69, 9.17) is 19.4 Å². The van der Waals surface area contributed by atoms with Crippen LogP contribution >= 0.6 is 0 Å². The first-order valence-electron chi connectivity index (χ1n) is 9.21. The van der Waals surface area contributed by atoms with Crippen molar-refractivity contribution in [2.75, 3.05) is 13.2 Å². The van der Waals surface area contributed by atoms with E-state index in [0.717, 1.165) is 37.1 Å². The minimum absolute atomic E-state index is 0.0696. The second-order valence-corrected chi connectivity index (χ2v) is 9.25. The third kappa shape index (κ3) is 4.66. The van der Waals surface area contributed by atoms with Crippen molar-refractivity contribution in [3.63, 3.8) is 0 Å². The van der Waals surface area contributed by atoms with Gasteiger partial charge in [-0.15, -0.1) is 0 Å². The van der Waals surface area contributed by atoms with E-state index in [1.807, 2.05) is 25.1 Å². The second kappa shape index (κ2) is 8.64. The van der Waals surface area contributed by atoms with E-state index in [-0.39, 0.29) is 30.0 Å². The third-order valence-corrected chi connectivity index (χ3v) is 7.48. The van der Waals surface area contributed by atoms with Crippen LogP contribution in [0.1, 0.15) is 37.1 Å². The molecule has 0 bridgehead atoms. The SMILES string of the molecule is Cc1cccc(CO[C@@H]2CN(S(=O)(=O)C3CC3)[C@@H]3CCCO[C@@H]32)n1.O=CO. The standard InChI is InChI=1S/C17H24N2O4S.CH2O2/c1-12-4-2-5-13(18-12)11-23-16-10-19(24(20,21)14-7-8-14)15-6-3-9-22-17(15)16;2-1-3/h2,4-5,14-17H,3,6-11H2,1H3;1H,(H,2,3)/t15-,16-,17+;/m1./s1. The van der Waals surface area contributed by atoms with Gasteiger partial charge in [0, 0.05) is 18.8 Å². The van der Waals surface area contributed by atoms with Crippen LogP contribution in [0.4, 0.5) is 0 Å². The number of carbonyl (C=O) groups is 1. The van der Waals surface area contributed by atoms with Gasteiger partial charge in [-0.3, -0.25) is 9.78 Å². The van der Waals surface area contributed by atoms with Gasteiger partial charge in [0.05, 0.1) is 29.7 Å². The van der Waals surface area contributed by atoms with Gasteiger partial charge in [0.25, 0.3) is 6.47 Å². The van der Waals surface area contributed by atoms with E-state index in [2.05, 4.69) is 4.98 Å². The van der Waals surface area contributed by atoms with Crippen LogP contribution in [0.2, 0.25) is 0 Å². The molecule has 27 heavy (non-hydrogen) atoms. The fourth-order valence-electron chi connectivity index (χ4n) is 3.74. The normalized spacial score (nSPS) is 28.1. The first-order valence-corrected chi connectivity index (χ1v) is 10.7. The highest BCUT2D eigenvalue weighted by atomic mass is 32.2. The van der Waals surface area contributed by atoms with Crippen LogP contribution in [-0.2, 0) is 30.9 Å².